The second kappa shape index (κ2) is 6.13. The van der Waals surface area contributed by atoms with E-state index in [0.29, 0.717) is 22.1 Å². The maximum absolute atomic E-state index is 11.8. The van der Waals surface area contributed by atoms with Crippen LogP contribution in [0.15, 0.2) is 41.9 Å². The lowest BCUT2D eigenvalue weighted by molar-refractivity contribution is -0.384. The zero-order valence-corrected chi connectivity index (χ0v) is 12.9. The van der Waals surface area contributed by atoms with E-state index in [9.17, 15) is 14.9 Å². The highest BCUT2D eigenvalue weighted by Gasteiger charge is 2.15. The molecule has 0 aliphatic heterocycles. The quantitative estimate of drug-likeness (QED) is 0.412. The van der Waals surface area contributed by atoms with Gasteiger partial charge in [0.1, 0.15) is 11.8 Å². The SMILES string of the molecule is CC(=O)n1c(SCc2ccc([N+](=O)[O-])cc2)nc2cncnc21. The van der Waals surface area contributed by atoms with Crippen molar-refractivity contribution < 1.29 is 9.72 Å². The number of nitro groups is 1. The summed E-state index contributed by atoms with van der Waals surface area (Å²) in [5.41, 5.74) is 1.96. The van der Waals surface area contributed by atoms with E-state index >= 15 is 0 Å². The Kier molecular flexibility index (Phi) is 4.02. The second-order valence-corrected chi connectivity index (χ2v) is 5.64. The molecule has 9 heteroatoms. The van der Waals surface area contributed by atoms with E-state index < -0.39 is 4.92 Å². The molecule has 0 bridgehead atoms. The largest absolute Gasteiger partial charge is 0.274 e. The lowest BCUT2D eigenvalue weighted by Gasteiger charge is -2.04. The summed E-state index contributed by atoms with van der Waals surface area (Å²) in [5.74, 6) is 0.347. The van der Waals surface area contributed by atoms with Gasteiger partial charge >= 0.3 is 0 Å². The molecule has 0 aliphatic carbocycles. The van der Waals surface area contributed by atoms with Crippen LogP contribution in [0.1, 0.15) is 17.3 Å². The predicted octanol–water partition coefficient (Wildman–Crippen LogP) is 2.69. The number of rotatable bonds is 4. The monoisotopic (exact) mass is 329 g/mol. The number of aromatic nitrogens is 4. The molecular weight excluding hydrogens is 318 g/mol. The van der Waals surface area contributed by atoms with E-state index in [4.69, 9.17) is 0 Å². The van der Waals surface area contributed by atoms with Crippen molar-refractivity contribution >= 4 is 34.5 Å². The number of nitro benzene ring substituents is 1. The highest BCUT2D eigenvalue weighted by molar-refractivity contribution is 7.98. The van der Waals surface area contributed by atoms with Gasteiger partial charge in [0.05, 0.1) is 11.1 Å². The van der Waals surface area contributed by atoms with Crippen LogP contribution in [0.4, 0.5) is 5.69 Å². The fraction of sp³-hybridized carbons (Fsp3) is 0.143. The van der Waals surface area contributed by atoms with Crippen LogP contribution in [0.2, 0.25) is 0 Å². The molecule has 116 valence electrons. The van der Waals surface area contributed by atoms with Gasteiger partial charge in [0.25, 0.3) is 5.69 Å². The smallest absolute Gasteiger partial charge is 0.269 e. The summed E-state index contributed by atoms with van der Waals surface area (Å²) in [7, 11) is 0. The summed E-state index contributed by atoms with van der Waals surface area (Å²) >= 11 is 1.36. The molecule has 0 saturated carbocycles. The zero-order chi connectivity index (χ0) is 16.4. The minimum absolute atomic E-state index is 0.0463. The van der Waals surface area contributed by atoms with Gasteiger partial charge in [0, 0.05) is 24.8 Å². The molecule has 0 unspecified atom stereocenters. The number of fused-ring (bicyclic) bond motifs is 1. The van der Waals surface area contributed by atoms with Crippen LogP contribution in [-0.2, 0) is 5.75 Å². The average Bonchev–Trinajstić information content (AvgIpc) is 2.91. The lowest BCUT2D eigenvalue weighted by Crippen LogP contribution is -2.07. The third kappa shape index (κ3) is 3.04. The number of hydrogen-bond acceptors (Lipinski definition) is 7. The van der Waals surface area contributed by atoms with Crippen molar-refractivity contribution in [2.45, 2.75) is 17.8 Å². The Hall–Kier alpha value is -2.81. The van der Waals surface area contributed by atoms with Gasteiger partial charge in [-0.25, -0.2) is 19.5 Å². The van der Waals surface area contributed by atoms with Crippen LogP contribution in [-0.4, -0.2) is 30.3 Å². The summed E-state index contributed by atoms with van der Waals surface area (Å²) in [4.78, 5) is 34.4. The molecule has 0 amide bonds. The van der Waals surface area contributed by atoms with E-state index in [0.717, 1.165) is 5.56 Å². The van der Waals surface area contributed by atoms with E-state index in [1.165, 1.54) is 41.7 Å². The van der Waals surface area contributed by atoms with Crippen molar-refractivity contribution in [3.8, 4) is 0 Å². The lowest BCUT2D eigenvalue weighted by atomic mass is 10.2. The first-order valence-electron chi connectivity index (χ1n) is 6.62. The summed E-state index contributed by atoms with van der Waals surface area (Å²) < 4.78 is 1.44. The second-order valence-electron chi connectivity index (χ2n) is 4.69. The molecular formula is C14H11N5O3S. The van der Waals surface area contributed by atoms with Gasteiger partial charge in [-0.3, -0.25) is 14.9 Å². The van der Waals surface area contributed by atoms with Gasteiger partial charge in [-0.05, 0) is 5.56 Å². The Morgan fingerprint density at radius 2 is 2.09 bits per heavy atom. The van der Waals surface area contributed by atoms with Crippen LogP contribution in [0.3, 0.4) is 0 Å². The number of imidazole rings is 1. The Morgan fingerprint density at radius 3 is 2.74 bits per heavy atom. The third-order valence-corrected chi connectivity index (χ3v) is 4.13. The predicted molar refractivity (Wildman–Crippen MR) is 84.3 cm³/mol. The maximum Gasteiger partial charge on any atom is 0.269 e. The molecule has 0 spiro atoms. The minimum atomic E-state index is -0.440. The van der Waals surface area contributed by atoms with Crippen LogP contribution >= 0.6 is 11.8 Å². The van der Waals surface area contributed by atoms with Crippen molar-refractivity contribution in [3.05, 3.63) is 52.5 Å². The topological polar surface area (TPSA) is 104 Å². The molecule has 23 heavy (non-hydrogen) atoms. The summed E-state index contributed by atoms with van der Waals surface area (Å²) in [6, 6.07) is 6.28. The minimum Gasteiger partial charge on any atom is -0.274 e. The van der Waals surface area contributed by atoms with E-state index in [-0.39, 0.29) is 11.6 Å². The molecule has 0 radical (unpaired) electrons. The van der Waals surface area contributed by atoms with Gasteiger partial charge < -0.3 is 0 Å². The number of benzene rings is 1. The summed E-state index contributed by atoms with van der Waals surface area (Å²) in [5, 5.41) is 11.2. The molecule has 0 saturated heterocycles. The van der Waals surface area contributed by atoms with Gasteiger partial charge in [-0.2, -0.15) is 0 Å². The molecule has 3 aromatic rings. The molecule has 0 atom stereocenters. The zero-order valence-electron chi connectivity index (χ0n) is 12.0. The fourth-order valence-corrected chi connectivity index (χ4v) is 3.05. The van der Waals surface area contributed by atoms with E-state index in [2.05, 4.69) is 15.0 Å². The van der Waals surface area contributed by atoms with Crippen molar-refractivity contribution in [1.29, 1.82) is 0 Å². The first-order valence-corrected chi connectivity index (χ1v) is 7.60. The summed E-state index contributed by atoms with van der Waals surface area (Å²) in [6.07, 6.45) is 2.92. The van der Waals surface area contributed by atoms with Gasteiger partial charge in [-0.15, -0.1) is 0 Å². The Labute approximate surface area is 134 Å². The molecule has 1 aromatic carbocycles. The first-order chi connectivity index (χ1) is 11.1. The Balaban J connectivity index is 1.85. The van der Waals surface area contributed by atoms with Crippen LogP contribution in [0.25, 0.3) is 11.2 Å². The van der Waals surface area contributed by atoms with Crippen molar-refractivity contribution in [2.75, 3.05) is 0 Å². The molecule has 0 fully saturated rings. The molecule has 0 N–H and O–H groups in total. The van der Waals surface area contributed by atoms with Crippen molar-refractivity contribution in [2.24, 2.45) is 0 Å². The number of carbonyl (C=O) groups is 1. The normalized spacial score (nSPS) is 10.8. The van der Waals surface area contributed by atoms with Gasteiger partial charge in [-0.1, -0.05) is 23.9 Å². The van der Waals surface area contributed by atoms with Crippen LogP contribution in [0, 0.1) is 10.1 Å². The van der Waals surface area contributed by atoms with Crippen LogP contribution in [0.5, 0.6) is 0 Å². The van der Waals surface area contributed by atoms with Crippen molar-refractivity contribution in [3.63, 3.8) is 0 Å². The fourth-order valence-electron chi connectivity index (χ4n) is 2.05. The first kappa shape index (κ1) is 15.1. The number of nitrogens with zero attached hydrogens (tertiary/aromatic N) is 5. The number of carbonyl (C=O) groups excluding carboxylic acids is 1. The molecule has 8 nitrogen and oxygen atoms in total. The molecule has 3 rings (SSSR count). The Bertz CT molecular complexity index is 891. The number of thioether (sulfide) groups is 1. The molecule has 2 heterocycles. The summed E-state index contributed by atoms with van der Waals surface area (Å²) in [6.45, 7) is 1.44. The number of non-ortho nitro benzene ring substituents is 1. The average molecular weight is 329 g/mol. The highest BCUT2D eigenvalue weighted by atomic mass is 32.2. The van der Waals surface area contributed by atoms with E-state index in [1.807, 2.05) is 0 Å². The highest BCUT2D eigenvalue weighted by Crippen LogP contribution is 2.26. The maximum atomic E-state index is 11.8. The third-order valence-electron chi connectivity index (χ3n) is 3.12. The Morgan fingerprint density at radius 1 is 1.35 bits per heavy atom. The van der Waals surface area contributed by atoms with Gasteiger partial charge in [0.2, 0.25) is 5.91 Å². The standard InChI is InChI=1S/C14H11N5O3S/c1-9(20)18-13-12(6-15-8-16-13)17-14(18)23-7-10-2-4-11(5-3-10)19(21)22/h2-6,8H,7H2,1H3. The van der Waals surface area contributed by atoms with E-state index in [1.54, 1.807) is 18.3 Å². The molecule has 0 aliphatic rings. The van der Waals surface area contributed by atoms with Crippen LogP contribution < -0.4 is 0 Å². The van der Waals surface area contributed by atoms with Crippen molar-refractivity contribution in [1.82, 2.24) is 19.5 Å². The molecule has 2 aromatic heterocycles. The van der Waals surface area contributed by atoms with Gasteiger partial charge in [0.15, 0.2) is 10.8 Å². The number of hydrogen-bond donors (Lipinski definition) is 0.